The Morgan fingerprint density at radius 3 is 2.42 bits per heavy atom. The van der Waals surface area contributed by atoms with Crippen LogP contribution in [-0.2, 0) is 4.79 Å². The first-order valence-corrected chi connectivity index (χ1v) is 10.7. The van der Waals surface area contributed by atoms with Gasteiger partial charge in [0.05, 0.1) is 18.5 Å². The van der Waals surface area contributed by atoms with Crippen molar-refractivity contribution >= 4 is 29.0 Å². The summed E-state index contributed by atoms with van der Waals surface area (Å²) >= 11 is 0. The van der Waals surface area contributed by atoms with Gasteiger partial charge in [0, 0.05) is 29.9 Å². The topological polar surface area (TPSA) is 92.3 Å². The summed E-state index contributed by atoms with van der Waals surface area (Å²) in [6.45, 7) is -3.05. The van der Waals surface area contributed by atoms with Crippen molar-refractivity contribution in [3.05, 3.63) is 83.7 Å². The molecule has 0 radical (unpaired) electrons. The van der Waals surface area contributed by atoms with Crippen LogP contribution >= 0.6 is 0 Å². The maximum absolute atomic E-state index is 14.7. The van der Waals surface area contributed by atoms with Crippen molar-refractivity contribution in [2.45, 2.75) is 12.8 Å². The molecule has 1 unspecified atom stereocenters. The number of halogens is 3. The first-order valence-electron chi connectivity index (χ1n) is 10.7. The molecule has 3 aromatic carbocycles. The predicted molar refractivity (Wildman–Crippen MR) is 127 cm³/mol. The fourth-order valence-electron chi connectivity index (χ4n) is 3.71. The number of aliphatic imine (C=N–C) groups is 1. The summed E-state index contributed by atoms with van der Waals surface area (Å²) in [5.41, 5.74) is 1.56. The largest absolute Gasteiger partial charge is 0.493 e. The highest BCUT2D eigenvalue weighted by atomic mass is 19.3. The number of rotatable bonds is 6. The summed E-state index contributed by atoms with van der Waals surface area (Å²) in [7, 11) is 2.79. The van der Waals surface area contributed by atoms with Crippen LogP contribution in [-0.4, -0.2) is 44.6 Å². The average molecular weight is 498 g/mol. The maximum Gasteiger partial charge on any atom is 0.387 e. The number of alkyl halides is 2. The van der Waals surface area contributed by atoms with E-state index in [0.717, 1.165) is 0 Å². The minimum absolute atomic E-state index is 0.0336. The molecule has 3 amide bonds. The van der Waals surface area contributed by atoms with E-state index in [0.29, 0.717) is 11.3 Å². The number of likely N-dealkylation sites (N-methyl/N-ethyl adjacent to an activating group) is 1. The molecule has 0 spiro atoms. The Morgan fingerprint density at radius 2 is 1.72 bits per heavy atom. The van der Waals surface area contributed by atoms with Crippen molar-refractivity contribution in [2.75, 3.05) is 24.4 Å². The van der Waals surface area contributed by atoms with Crippen LogP contribution in [0.2, 0.25) is 0 Å². The summed E-state index contributed by atoms with van der Waals surface area (Å²) in [6, 6.07) is 15.9. The van der Waals surface area contributed by atoms with Crippen molar-refractivity contribution in [3.8, 4) is 11.5 Å². The number of carbonyl (C=O) groups is 2. The van der Waals surface area contributed by atoms with E-state index in [2.05, 4.69) is 20.4 Å². The lowest BCUT2D eigenvalue weighted by molar-refractivity contribution is -0.119. The highest BCUT2D eigenvalue weighted by Crippen LogP contribution is 2.32. The van der Waals surface area contributed by atoms with Gasteiger partial charge >= 0.3 is 12.6 Å². The molecule has 1 aliphatic rings. The van der Waals surface area contributed by atoms with Crippen LogP contribution in [0.15, 0.2) is 71.7 Å². The lowest BCUT2D eigenvalue weighted by atomic mass is 10.00. The summed E-state index contributed by atoms with van der Waals surface area (Å²) in [6.07, 6.45) is -1.39. The maximum atomic E-state index is 14.7. The van der Waals surface area contributed by atoms with Gasteiger partial charge in [-0.3, -0.25) is 4.79 Å². The lowest BCUT2D eigenvalue weighted by Crippen LogP contribution is -2.47. The van der Waals surface area contributed by atoms with Gasteiger partial charge in [-0.15, -0.1) is 0 Å². The third-order valence-corrected chi connectivity index (χ3v) is 5.38. The van der Waals surface area contributed by atoms with Crippen molar-refractivity contribution in [1.29, 1.82) is 0 Å². The second kappa shape index (κ2) is 10.4. The molecule has 1 aliphatic heterocycles. The summed E-state index contributed by atoms with van der Waals surface area (Å²) < 4.78 is 49.2. The van der Waals surface area contributed by atoms with Crippen LogP contribution in [0.25, 0.3) is 0 Å². The Kier molecular flexibility index (Phi) is 7.09. The fraction of sp³-hybridized carbons (Fsp3) is 0.160. The smallest absolute Gasteiger partial charge is 0.387 e. The third kappa shape index (κ3) is 5.09. The van der Waals surface area contributed by atoms with Gasteiger partial charge in [0.25, 0.3) is 5.91 Å². The Bertz CT molecular complexity index is 1330. The molecule has 0 bridgehead atoms. The molecule has 2 N–H and O–H groups in total. The number of nitrogens with zero attached hydrogens (tertiary/aromatic N) is 2. The zero-order valence-corrected chi connectivity index (χ0v) is 19.2. The van der Waals surface area contributed by atoms with Gasteiger partial charge in [-0.1, -0.05) is 30.3 Å². The van der Waals surface area contributed by atoms with Gasteiger partial charge in [0.15, 0.2) is 11.5 Å². The molecule has 36 heavy (non-hydrogen) atoms. The van der Waals surface area contributed by atoms with E-state index >= 15 is 0 Å². The quantitative estimate of drug-likeness (QED) is 0.527. The monoisotopic (exact) mass is 498 g/mol. The molecule has 0 fully saturated rings. The van der Waals surface area contributed by atoms with E-state index in [1.807, 2.05) is 0 Å². The number of hydrogen-bond donors (Lipinski definition) is 2. The van der Waals surface area contributed by atoms with Crippen molar-refractivity contribution in [2.24, 2.45) is 4.99 Å². The second-order valence-electron chi connectivity index (χ2n) is 7.62. The van der Waals surface area contributed by atoms with Gasteiger partial charge < -0.3 is 25.0 Å². The van der Waals surface area contributed by atoms with Gasteiger partial charge in [-0.2, -0.15) is 8.78 Å². The number of carbonyl (C=O) groups excluding carboxylic acids is 2. The number of methoxy groups -OCH3 is 1. The Labute approximate surface area is 204 Å². The van der Waals surface area contributed by atoms with E-state index in [9.17, 15) is 22.8 Å². The van der Waals surface area contributed by atoms with Crippen LogP contribution in [0.5, 0.6) is 11.5 Å². The highest BCUT2D eigenvalue weighted by Gasteiger charge is 2.31. The van der Waals surface area contributed by atoms with Crippen LogP contribution in [0.3, 0.4) is 0 Å². The summed E-state index contributed by atoms with van der Waals surface area (Å²) in [4.78, 5) is 31.7. The molecule has 0 aliphatic carbocycles. The molecule has 11 heteroatoms. The standard InChI is InChI=1S/C25H21F3N4O4/c1-32-18-10-6-4-8-16(18)21(15-7-3-5-9-17(15)26)30-22(23(32)33)31-25(34)29-14-11-12-19(36-24(27)28)20(13-14)35-2/h3-13,22,24H,1-2H3,(H2,29,31,34). The normalized spacial score (nSPS) is 15.1. The Hall–Kier alpha value is -4.54. The number of anilines is 2. The van der Waals surface area contributed by atoms with Crippen LogP contribution < -0.4 is 25.0 Å². The molecule has 0 saturated carbocycles. The Balaban J connectivity index is 1.64. The molecule has 3 aromatic rings. The first kappa shape index (κ1) is 24.6. The van der Waals surface area contributed by atoms with Gasteiger partial charge in [-0.25, -0.2) is 14.2 Å². The van der Waals surface area contributed by atoms with E-state index < -0.39 is 30.5 Å². The van der Waals surface area contributed by atoms with Gasteiger partial charge in [0.2, 0.25) is 6.17 Å². The van der Waals surface area contributed by atoms with Gasteiger partial charge in [-0.05, 0) is 30.3 Å². The minimum atomic E-state index is -3.05. The SMILES string of the molecule is COc1cc(NC(=O)NC2N=C(c3ccccc3F)c3ccccc3N(C)C2=O)ccc1OC(F)F. The van der Waals surface area contributed by atoms with E-state index in [1.165, 1.54) is 55.5 Å². The number of nitrogens with one attached hydrogen (secondary N) is 2. The van der Waals surface area contributed by atoms with E-state index in [-0.39, 0.29) is 28.5 Å². The fourth-order valence-corrected chi connectivity index (χ4v) is 3.71. The summed E-state index contributed by atoms with van der Waals surface area (Å²) in [5.74, 6) is -1.34. The zero-order valence-electron chi connectivity index (χ0n) is 19.2. The number of benzodiazepines with no additional fused rings is 1. The molecule has 1 atom stereocenters. The van der Waals surface area contributed by atoms with Crippen molar-refractivity contribution < 1.29 is 32.2 Å². The average Bonchev–Trinajstić information content (AvgIpc) is 2.96. The predicted octanol–water partition coefficient (Wildman–Crippen LogP) is 4.40. The molecule has 0 aromatic heterocycles. The van der Waals surface area contributed by atoms with E-state index in [4.69, 9.17) is 4.74 Å². The molecule has 8 nitrogen and oxygen atoms in total. The van der Waals surface area contributed by atoms with Crippen LogP contribution in [0.1, 0.15) is 11.1 Å². The molecule has 186 valence electrons. The molecule has 1 heterocycles. The van der Waals surface area contributed by atoms with Crippen LogP contribution in [0.4, 0.5) is 29.3 Å². The first-order chi connectivity index (χ1) is 17.3. The number of urea groups is 1. The van der Waals surface area contributed by atoms with Crippen molar-refractivity contribution in [1.82, 2.24) is 5.32 Å². The number of hydrogen-bond acceptors (Lipinski definition) is 5. The molecular weight excluding hydrogens is 477 g/mol. The number of para-hydroxylation sites is 1. The third-order valence-electron chi connectivity index (χ3n) is 5.38. The molecular formula is C25H21F3N4O4. The summed E-state index contributed by atoms with van der Waals surface area (Å²) in [5, 5.41) is 4.98. The minimum Gasteiger partial charge on any atom is -0.493 e. The zero-order chi connectivity index (χ0) is 25.8. The van der Waals surface area contributed by atoms with Crippen molar-refractivity contribution in [3.63, 3.8) is 0 Å². The van der Waals surface area contributed by atoms with Crippen LogP contribution in [0, 0.1) is 5.82 Å². The molecule has 0 saturated heterocycles. The number of amides is 3. The number of fused-ring (bicyclic) bond motifs is 1. The Morgan fingerprint density at radius 1 is 1.03 bits per heavy atom. The number of ether oxygens (including phenoxy) is 2. The second-order valence-corrected chi connectivity index (χ2v) is 7.62. The van der Waals surface area contributed by atoms with Gasteiger partial charge in [0.1, 0.15) is 5.82 Å². The van der Waals surface area contributed by atoms with E-state index in [1.54, 1.807) is 30.3 Å². The molecule has 4 rings (SSSR count). The highest BCUT2D eigenvalue weighted by molar-refractivity contribution is 6.20. The lowest BCUT2D eigenvalue weighted by Gasteiger charge is -2.21. The number of benzene rings is 3.